The Kier molecular flexibility index (Phi) is 8.39. The molecule has 0 heterocycles. The van der Waals surface area contributed by atoms with E-state index in [2.05, 4.69) is 11.9 Å². The molecular weight excluding hydrogens is 308 g/mol. The highest BCUT2D eigenvalue weighted by molar-refractivity contribution is 5.78. The molecule has 0 saturated carbocycles. The molecule has 0 radical (unpaired) electrons. The van der Waals surface area contributed by atoms with Crippen LogP contribution in [0.25, 0.3) is 0 Å². The maximum atomic E-state index is 11.9. The fourth-order valence-electron chi connectivity index (χ4n) is 2.24. The van der Waals surface area contributed by atoms with Crippen LogP contribution in [0.15, 0.2) is 30.9 Å². The molecule has 0 fully saturated rings. The molecule has 0 aliphatic rings. The Labute approximate surface area is 143 Å². The second-order valence-electron chi connectivity index (χ2n) is 5.29. The summed E-state index contributed by atoms with van der Waals surface area (Å²) in [7, 11) is 3.18. The van der Waals surface area contributed by atoms with Gasteiger partial charge in [-0.1, -0.05) is 12.1 Å². The lowest BCUT2D eigenvalue weighted by Crippen LogP contribution is -2.34. The van der Waals surface area contributed by atoms with Crippen molar-refractivity contribution in [2.24, 2.45) is 0 Å². The van der Waals surface area contributed by atoms with E-state index in [1.54, 1.807) is 25.2 Å². The minimum absolute atomic E-state index is 0.0620. The van der Waals surface area contributed by atoms with Crippen LogP contribution in [-0.4, -0.2) is 50.6 Å². The molecule has 0 saturated heterocycles. The van der Waals surface area contributed by atoms with Crippen LogP contribution < -0.4 is 14.8 Å². The highest BCUT2D eigenvalue weighted by Gasteiger charge is 2.10. The van der Waals surface area contributed by atoms with Crippen LogP contribution in [0, 0.1) is 0 Å². The lowest BCUT2D eigenvalue weighted by molar-refractivity contribution is -0.129. The standard InChI is InChI=1S/C18H26N2O4/c1-5-11-20(14(2)21)12-9-18(22)19-10-8-15-6-7-16(23-3)17(13-15)24-4/h5-7,13H,1,8-12H2,2-4H3,(H,19,22). The van der Waals surface area contributed by atoms with Gasteiger partial charge in [0.05, 0.1) is 14.2 Å². The summed E-state index contributed by atoms with van der Waals surface area (Å²) in [5.41, 5.74) is 1.05. The largest absolute Gasteiger partial charge is 0.493 e. The van der Waals surface area contributed by atoms with Crippen LogP contribution in [0.2, 0.25) is 0 Å². The topological polar surface area (TPSA) is 67.9 Å². The van der Waals surface area contributed by atoms with Crippen molar-refractivity contribution >= 4 is 11.8 Å². The third-order valence-electron chi connectivity index (χ3n) is 3.59. The molecule has 0 bridgehead atoms. The first-order chi connectivity index (χ1) is 11.5. The van der Waals surface area contributed by atoms with Crippen molar-refractivity contribution in [2.45, 2.75) is 19.8 Å². The van der Waals surface area contributed by atoms with E-state index >= 15 is 0 Å². The fourth-order valence-corrected chi connectivity index (χ4v) is 2.24. The Morgan fingerprint density at radius 2 is 1.96 bits per heavy atom. The van der Waals surface area contributed by atoms with Gasteiger partial charge in [-0.15, -0.1) is 6.58 Å². The maximum Gasteiger partial charge on any atom is 0.221 e. The second kappa shape index (κ2) is 10.3. The lowest BCUT2D eigenvalue weighted by Gasteiger charge is -2.18. The Balaban J connectivity index is 2.40. The van der Waals surface area contributed by atoms with Gasteiger partial charge in [0.1, 0.15) is 0 Å². The van der Waals surface area contributed by atoms with Crippen molar-refractivity contribution in [3.05, 3.63) is 36.4 Å². The van der Waals surface area contributed by atoms with Gasteiger partial charge < -0.3 is 19.7 Å². The van der Waals surface area contributed by atoms with Crippen LogP contribution in [0.5, 0.6) is 11.5 Å². The van der Waals surface area contributed by atoms with Gasteiger partial charge in [0.15, 0.2) is 11.5 Å². The molecule has 132 valence electrons. The fraction of sp³-hybridized carbons (Fsp3) is 0.444. The molecule has 0 unspecified atom stereocenters. The molecule has 1 rings (SSSR count). The Morgan fingerprint density at radius 3 is 2.54 bits per heavy atom. The van der Waals surface area contributed by atoms with Gasteiger partial charge in [-0.25, -0.2) is 0 Å². The molecule has 6 nitrogen and oxygen atoms in total. The number of amides is 2. The van der Waals surface area contributed by atoms with E-state index in [4.69, 9.17) is 9.47 Å². The average molecular weight is 334 g/mol. The molecule has 0 spiro atoms. The smallest absolute Gasteiger partial charge is 0.221 e. The summed E-state index contributed by atoms with van der Waals surface area (Å²) in [5.74, 6) is 1.21. The number of ether oxygens (including phenoxy) is 2. The van der Waals surface area contributed by atoms with Gasteiger partial charge in [0.25, 0.3) is 0 Å². The number of nitrogens with one attached hydrogen (secondary N) is 1. The summed E-state index contributed by atoms with van der Waals surface area (Å²) in [6.45, 7) is 6.46. The quantitative estimate of drug-likeness (QED) is 0.663. The summed E-state index contributed by atoms with van der Waals surface area (Å²) < 4.78 is 10.5. The van der Waals surface area contributed by atoms with Gasteiger partial charge in [0, 0.05) is 33.0 Å². The number of rotatable bonds is 10. The number of carbonyl (C=O) groups is 2. The molecule has 24 heavy (non-hydrogen) atoms. The first kappa shape index (κ1) is 19.5. The molecule has 6 heteroatoms. The van der Waals surface area contributed by atoms with E-state index in [-0.39, 0.29) is 18.2 Å². The van der Waals surface area contributed by atoms with Gasteiger partial charge in [0.2, 0.25) is 11.8 Å². The zero-order valence-electron chi connectivity index (χ0n) is 14.6. The van der Waals surface area contributed by atoms with Crippen LogP contribution in [0.3, 0.4) is 0 Å². The summed E-state index contributed by atoms with van der Waals surface area (Å²) in [6, 6.07) is 5.68. The molecule has 1 aromatic rings. The third kappa shape index (κ3) is 6.32. The molecule has 1 N–H and O–H groups in total. The predicted molar refractivity (Wildman–Crippen MR) is 93.3 cm³/mol. The molecule has 0 atom stereocenters. The number of benzene rings is 1. The van der Waals surface area contributed by atoms with E-state index in [9.17, 15) is 9.59 Å². The van der Waals surface area contributed by atoms with E-state index in [0.717, 1.165) is 5.56 Å². The summed E-state index contributed by atoms with van der Waals surface area (Å²) in [6.07, 6.45) is 2.62. The predicted octanol–water partition coefficient (Wildman–Crippen LogP) is 1.79. The van der Waals surface area contributed by atoms with Crippen molar-refractivity contribution in [2.75, 3.05) is 33.9 Å². The van der Waals surface area contributed by atoms with E-state index < -0.39 is 0 Å². The Hall–Kier alpha value is -2.50. The summed E-state index contributed by atoms with van der Waals surface area (Å²) in [4.78, 5) is 24.8. The number of hydrogen-bond donors (Lipinski definition) is 1. The normalized spacial score (nSPS) is 9.96. The number of methoxy groups -OCH3 is 2. The van der Waals surface area contributed by atoms with Crippen molar-refractivity contribution in [3.8, 4) is 11.5 Å². The van der Waals surface area contributed by atoms with E-state index in [1.165, 1.54) is 6.92 Å². The Bertz CT molecular complexity index is 572. The van der Waals surface area contributed by atoms with Crippen LogP contribution in [0.4, 0.5) is 0 Å². The van der Waals surface area contributed by atoms with Crippen molar-refractivity contribution in [3.63, 3.8) is 0 Å². The maximum absolute atomic E-state index is 11.9. The number of carbonyl (C=O) groups excluding carboxylic acids is 2. The summed E-state index contributed by atoms with van der Waals surface area (Å²) >= 11 is 0. The minimum atomic E-state index is -0.0780. The van der Waals surface area contributed by atoms with E-state index in [0.29, 0.717) is 37.6 Å². The Morgan fingerprint density at radius 1 is 1.25 bits per heavy atom. The molecule has 0 aliphatic carbocycles. The molecule has 0 aromatic heterocycles. The van der Waals surface area contributed by atoms with Gasteiger partial charge in [-0.2, -0.15) is 0 Å². The molecule has 2 amide bonds. The zero-order chi connectivity index (χ0) is 17.9. The molecular formula is C18H26N2O4. The second-order valence-corrected chi connectivity index (χ2v) is 5.29. The highest BCUT2D eigenvalue weighted by atomic mass is 16.5. The number of hydrogen-bond acceptors (Lipinski definition) is 4. The van der Waals surface area contributed by atoms with Crippen LogP contribution in [-0.2, 0) is 16.0 Å². The van der Waals surface area contributed by atoms with E-state index in [1.807, 2.05) is 18.2 Å². The van der Waals surface area contributed by atoms with Gasteiger partial charge in [-0.05, 0) is 24.1 Å². The van der Waals surface area contributed by atoms with Crippen molar-refractivity contribution < 1.29 is 19.1 Å². The van der Waals surface area contributed by atoms with Crippen LogP contribution in [0.1, 0.15) is 18.9 Å². The third-order valence-corrected chi connectivity index (χ3v) is 3.59. The summed E-state index contributed by atoms with van der Waals surface area (Å²) in [5, 5.41) is 2.86. The number of nitrogens with zero attached hydrogens (tertiary/aromatic N) is 1. The monoisotopic (exact) mass is 334 g/mol. The van der Waals surface area contributed by atoms with Gasteiger partial charge >= 0.3 is 0 Å². The van der Waals surface area contributed by atoms with Crippen LogP contribution >= 0.6 is 0 Å². The first-order valence-electron chi connectivity index (χ1n) is 7.85. The minimum Gasteiger partial charge on any atom is -0.493 e. The first-order valence-corrected chi connectivity index (χ1v) is 7.85. The molecule has 1 aromatic carbocycles. The van der Waals surface area contributed by atoms with Crippen molar-refractivity contribution in [1.82, 2.24) is 10.2 Å². The molecule has 0 aliphatic heterocycles. The SMILES string of the molecule is C=CCN(CCC(=O)NCCc1ccc(OC)c(OC)c1)C(C)=O. The zero-order valence-corrected chi connectivity index (χ0v) is 14.6. The van der Waals surface area contributed by atoms with Gasteiger partial charge in [-0.3, -0.25) is 9.59 Å². The highest BCUT2D eigenvalue weighted by Crippen LogP contribution is 2.27. The lowest BCUT2D eigenvalue weighted by atomic mass is 10.1. The average Bonchev–Trinajstić information content (AvgIpc) is 2.58. The van der Waals surface area contributed by atoms with Crippen molar-refractivity contribution in [1.29, 1.82) is 0 Å².